The Kier molecular flexibility index (Phi) is 9.57. The van der Waals surface area contributed by atoms with Crippen LogP contribution in [-0.2, 0) is 0 Å². The Morgan fingerprint density at radius 3 is 2.64 bits per heavy atom. The van der Waals surface area contributed by atoms with Gasteiger partial charge in [-0.25, -0.2) is 0 Å². The van der Waals surface area contributed by atoms with Crippen LogP contribution in [-0.4, -0.2) is 85.5 Å². The minimum atomic E-state index is -0.0270. The Morgan fingerprint density at radius 2 is 2.00 bits per heavy atom. The number of nitrogens with zero attached hydrogens (tertiary/aromatic N) is 4. The zero-order valence-corrected chi connectivity index (χ0v) is 19.4. The number of piperidine rings is 1. The third kappa shape index (κ3) is 6.37. The molecule has 28 heavy (non-hydrogen) atoms. The van der Waals surface area contributed by atoms with E-state index in [2.05, 4.69) is 29.0 Å². The topological polar surface area (TPSA) is 64.3 Å². The van der Waals surface area contributed by atoms with Gasteiger partial charge in [0, 0.05) is 45.8 Å². The van der Waals surface area contributed by atoms with Gasteiger partial charge in [-0.3, -0.25) is 9.79 Å². The SMILES string of the molecule is CCNC(=NCCN1CCCC(C)C1)N1CCN(C(=O)c2ccco2)CC1.I. The van der Waals surface area contributed by atoms with E-state index >= 15 is 0 Å². The smallest absolute Gasteiger partial charge is 0.289 e. The first-order valence-electron chi connectivity index (χ1n) is 10.3. The largest absolute Gasteiger partial charge is 0.459 e. The number of rotatable bonds is 5. The molecule has 0 radical (unpaired) electrons. The molecule has 7 nitrogen and oxygen atoms in total. The lowest BCUT2D eigenvalue weighted by Gasteiger charge is -2.36. The Morgan fingerprint density at radius 1 is 1.25 bits per heavy atom. The van der Waals surface area contributed by atoms with E-state index in [1.165, 1.54) is 25.9 Å². The molecule has 2 aliphatic heterocycles. The zero-order chi connectivity index (χ0) is 19.1. The first kappa shape index (κ1) is 23.0. The number of nitrogens with one attached hydrogen (secondary N) is 1. The summed E-state index contributed by atoms with van der Waals surface area (Å²) in [5.41, 5.74) is 0. The van der Waals surface area contributed by atoms with Crippen molar-refractivity contribution in [1.82, 2.24) is 20.0 Å². The molecule has 0 aromatic carbocycles. The molecule has 0 saturated carbocycles. The molecule has 1 N–H and O–H groups in total. The number of hydrogen-bond donors (Lipinski definition) is 1. The summed E-state index contributed by atoms with van der Waals surface area (Å²) in [6.45, 7) is 12.5. The highest BCUT2D eigenvalue weighted by Gasteiger charge is 2.25. The lowest BCUT2D eigenvalue weighted by Crippen LogP contribution is -2.53. The van der Waals surface area contributed by atoms with Crippen LogP contribution in [0.4, 0.5) is 0 Å². The third-order valence-corrected chi connectivity index (χ3v) is 5.35. The molecular weight excluding hydrogens is 469 g/mol. The maximum atomic E-state index is 12.4. The van der Waals surface area contributed by atoms with E-state index in [-0.39, 0.29) is 29.9 Å². The molecule has 0 bridgehead atoms. The Hall–Kier alpha value is -1.29. The number of likely N-dealkylation sites (tertiary alicyclic amines) is 1. The molecule has 1 aromatic heterocycles. The van der Waals surface area contributed by atoms with Gasteiger partial charge in [0.2, 0.25) is 0 Å². The summed E-state index contributed by atoms with van der Waals surface area (Å²) < 4.78 is 5.23. The second kappa shape index (κ2) is 11.6. The monoisotopic (exact) mass is 503 g/mol. The van der Waals surface area contributed by atoms with Crippen LogP contribution in [0.1, 0.15) is 37.2 Å². The van der Waals surface area contributed by atoms with Crippen LogP contribution < -0.4 is 5.32 Å². The fraction of sp³-hybridized carbons (Fsp3) is 0.700. The number of amides is 1. The summed E-state index contributed by atoms with van der Waals surface area (Å²) in [5.74, 6) is 2.16. The van der Waals surface area contributed by atoms with E-state index in [1.807, 2.05) is 4.90 Å². The van der Waals surface area contributed by atoms with E-state index in [0.29, 0.717) is 18.8 Å². The predicted octanol–water partition coefficient (Wildman–Crippen LogP) is 2.35. The highest BCUT2D eigenvalue weighted by atomic mass is 127. The van der Waals surface area contributed by atoms with Gasteiger partial charge in [0.15, 0.2) is 11.7 Å². The van der Waals surface area contributed by atoms with Gasteiger partial charge in [-0.15, -0.1) is 24.0 Å². The Bertz CT molecular complexity index is 614. The van der Waals surface area contributed by atoms with Gasteiger partial charge in [0.25, 0.3) is 5.91 Å². The van der Waals surface area contributed by atoms with Crippen LogP contribution in [0, 0.1) is 5.92 Å². The van der Waals surface area contributed by atoms with E-state index in [1.54, 1.807) is 18.4 Å². The molecule has 1 atom stereocenters. The standard InChI is InChI=1S/C20H33N5O2.HI/c1-3-21-20(22-8-10-23-9-4-6-17(2)16-23)25-13-11-24(12-14-25)19(26)18-7-5-15-27-18;/h5,7,15,17H,3-4,6,8-14,16H2,1-2H3,(H,21,22);1H. The van der Waals surface area contributed by atoms with E-state index in [0.717, 1.165) is 44.6 Å². The number of hydrogen-bond acceptors (Lipinski definition) is 4. The number of carbonyl (C=O) groups is 1. The average Bonchev–Trinajstić information content (AvgIpc) is 3.22. The van der Waals surface area contributed by atoms with Crippen LogP contribution in [0.5, 0.6) is 0 Å². The van der Waals surface area contributed by atoms with Crippen molar-refractivity contribution in [3.8, 4) is 0 Å². The van der Waals surface area contributed by atoms with Crippen LogP contribution in [0.25, 0.3) is 0 Å². The van der Waals surface area contributed by atoms with E-state index < -0.39 is 0 Å². The molecule has 2 fully saturated rings. The second-order valence-electron chi connectivity index (χ2n) is 7.54. The predicted molar refractivity (Wildman–Crippen MR) is 122 cm³/mol. The maximum absolute atomic E-state index is 12.4. The van der Waals surface area contributed by atoms with Gasteiger partial charge >= 0.3 is 0 Å². The van der Waals surface area contributed by atoms with Crippen LogP contribution in [0.3, 0.4) is 0 Å². The van der Waals surface area contributed by atoms with Crippen molar-refractivity contribution in [2.24, 2.45) is 10.9 Å². The van der Waals surface area contributed by atoms with Crippen molar-refractivity contribution in [3.63, 3.8) is 0 Å². The van der Waals surface area contributed by atoms with E-state index in [4.69, 9.17) is 9.41 Å². The van der Waals surface area contributed by atoms with Crippen LogP contribution in [0.15, 0.2) is 27.8 Å². The molecule has 3 heterocycles. The first-order valence-corrected chi connectivity index (χ1v) is 10.3. The zero-order valence-electron chi connectivity index (χ0n) is 17.1. The van der Waals surface area contributed by atoms with Gasteiger partial charge in [0.05, 0.1) is 12.8 Å². The molecule has 3 rings (SSSR count). The molecule has 0 spiro atoms. The van der Waals surface area contributed by atoms with Crippen LogP contribution >= 0.6 is 24.0 Å². The molecule has 2 aliphatic rings. The van der Waals surface area contributed by atoms with Gasteiger partial charge < -0.3 is 24.4 Å². The molecule has 1 amide bonds. The summed E-state index contributed by atoms with van der Waals surface area (Å²) in [4.78, 5) is 23.9. The average molecular weight is 503 g/mol. The molecule has 1 unspecified atom stereocenters. The van der Waals surface area contributed by atoms with Crippen LogP contribution in [0.2, 0.25) is 0 Å². The Balaban J connectivity index is 0.00000280. The van der Waals surface area contributed by atoms with Gasteiger partial charge in [-0.1, -0.05) is 6.92 Å². The summed E-state index contributed by atoms with van der Waals surface area (Å²) in [7, 11) is 0. The van der Waals surface area contributed by atoms with Crippen molar-refractivity contribution in [2.45, 2.75) is 26.7 Å². The molecule has 2 saturated heterocycles. The Labute approximate surface area is 185 Å². The second-order valence-corrected chi connectivity index (χ2v) is 7.54. The van der Waals surface area contributed by atoms with E-state index in [9.17, 15) is 4.79 Å². The summed E-state index contributed by atoms with van der Waals surface area (Å²) in [5, 5.41) is 3.41. The molecule has 8 heteroatoms. The normalized spacial score (nSPS) is 21.4. The lowest BCUT2D eigenvalue weighted by molar-refractivity contribution is 0.0657. The highest BCUT2D eigenvalue weighted by molar-refractivity contribution is 14.0. The number of guanidine groups is 1. The molecular formula is C20H34IN5O2. The lowest BCUT2D eigenvalue weighted by atomic mass is 10.0. The summed E-state index contributed by atoms with van der Waals surface area (Å²) in [6, 6.07) is 3.48. The van der Waals surface area contributed by atoms with Crippen molar-refractivity contribution >= 4 is 35.8 Å². The van der Waals surface area contributed by atoms with Crippen molar-refractivity contribution in [1.29, 1.82) is 0 Å². The third-order valence-electron chi connectivity index (χ3n) is 5.35. The first-order chi connectivity index (χ1) is 13.2. The molecule has 0 aliphatic carbocycles. The molecule has 158 valence electrons. The fourth-order valence-corrected chi connectivity index (χ4v) is 3.89. The summed E-state index contributed by atoms with van der Waals surface area (Å²) in [6.07, 6.45) is 4.20. The minimum absolute atomic E-state index is 0. The number of carbonyl (C=O) groups excluding carboxylic acids is 1. The fourth-order valence-electron chi connectivity index (χ4n) is 3.89. The van der Waals surface area contributed by atoms with Gasteiger partial charge in [0.1, 0.15) is 0 Å². The number of furan rings is 1. The van der Waals surface area contributed by atoms with Crippen molar-refractivity contribution in [2.75, 3.05) is 58.9 Å². The number of halogens is 1. The maximum Gasteiger partial charge on any atom is 0.289 e. The number of aliphatic imine (C=N–C) groups is 1. The van der Waals surface area contributed by atoms with Gasteiger partial charge in [-0.2, -0.15) is 0 Å². The summed E-state index contributed by atoms with van der Waals surface area (Å²) >= 11 is 0. The molecule has 1 aromatic rings. The van der Waals surface area contributed by atoms with Crippen molar-refractivity contribution in [3.05, 3.63) is 24.2 Å². The minimum Gasteiger partial charge on any atom is -0.459 e. The van der Waals surface area contributed by atoms with Gasteiger partial charge in [-0.05, 0) is 44.4 Å². The quantitative estimate of drug-likeness (QED) is 0.380. The van der Waals surface area contributed by atoms with Crippen molar-refractivity contribution < 1.29 is 9.21 Å². The highest BCUT2D eigenvalue weighted by Crippen LogP contribution is 2.15. The number of piperazine rings is 1.